The number of hydrogen-bond donors (Lipinski definition) is 0. The van der Waals surface area contributed by atoms with Gasteiger partial charge in [0, 0.05) is 0 Å². The molecule has 12 heavy (non-hydrogen) atoms. The van der Waals surface area contributed by atoms with Gasteiger partial charge in [-0.15, -0.1) is 6.42 Å². The van der Waals surface area contributed by atoms with Crippen molar-refractivity contribution >= 4 is 0 Å². The van der Waals surface area contributed by atoms with E-state index in [1.807, 2.05) is 0 Å². The average molecular weight is 162 g/mol. The fourth-order valence-corrected chi connectivity index (χ4v) is 0.927. The van der Waals surface area contributed by atoms with Gasteiger partial charge >= 0.3 is 0 Å². The van der Waals surface area contributed by atoms with Crippen molar-refractivity contribution in [2.24, 2.45) is 0 Å². The van der Waals surface area contributed by atoms with Crippen molar-refractivity contribution in [2.45, 2.75) is 0 Å². The van der Waals surface area contributed by atoms with Gasteiger partial charge in [0.25, 0.3) is 0 Å². The maximum Gasteiger partial charge on any atom is 0.134 e. The third kappa shape index (κ3) is 1.51. The Bertz CT molecular complexity index is 310. The van der Waals surface area contributed by atoms with Gasteiger partial charge in [0.2, 0.25) is 0 Å². The number of rotatable bonds is 2. The van der Waals surface area contributed by atoms with Gasteiger partial charge in [0.15, 0.2) is 0 Å². The van der Waals surface area contributed by atoms with Crippen LogP contribution in [0, 0.1) is 12.3 Å². The number of terminal acetylenes is 1. The lowest BCUT2D eigenvalue weighted by Crippen LogP contribution is -1.89. The van der Waals surface area contributed by atoms with Crippen molar-refractivity contribution in [3.05, 3.63) is 23.8 Å². The third-order valence-corrected chi connectivity index (χ3v) is 1.56. The Balaban J connectivity index is 3.13. The Morgan fingerprint density at radius 2 is 2.00 bits per heavy atom. The van der Waals surface area contributed by atoms with Crippen LogP contribution >= 0.6 is 0 Å². The summed E-state index contributed by atoms with van der Waals surface area (Å²) in [6.45, 7) is 0. The summed E-state index contributed by atoms with van der Waals surface area (Å²) in [4.78, 5) is 0. The van der Waals surface area contributed by atoms with Crippen LogP contribution < -0.4 is 9.47 Å². The zero-order valence-electron chi connectivity index (χ0n) is 7.13. The third-order valence-electron chi connectivity index (χ3n) is 1.56. The molecule has 1 aromatic rings. The Morgan fingerprint density at radius 3 is 2.50 bits per heavy atom. The van der Waals surface area contributed by atoms with Gasteiger partial charge in [-0.2, -0.15) is 0 Å². The van der Waals surface area contributed by atoms with Crippen LogP contribution in [0.1, 0.15) is 5.56 Å². The van der Waals surface area contributed by atoms with E-state index >= 15 is 0 Å². The van der Waals surface area contributed by atoms with Gasteiger partial charge in [-0.25, -0.2) is 0 Å². The summed E-state index contributed by atoms with van der Waals surface area (Å²) in [6, 6.07) is 5.35. The summed E-state index contributed by atoms with van der Waals surface area (Å²) in [5.74, 6) is 3.95. The standard InChI is InChI=1S/C10H10O2/c1-4-8-7-9(11-2)5-6-10(8)12-3/h1,5-7H,2-3H3. The van der Waals surface area contributed by atoms with Crippen molar-refractivity contribution in [3.63, 3.8) is 0 Å². The second-order valence-electron chi connectivity index (χ2n) is 2.21. The fourth-order valence-electron chi connectivity index (χ4n) is 0.927. The Morgan fingerprint density at radius 1 is 1.25 bits per heavy atom. The SMILES string of the molecule is C#Cc1cc(OC)ccc1OC. The molecular weight excluding hydrogens is 152 g/mol. The molecule has 0 radical (unpaired) electrons. The molecule has 0 aromatic heterocycles. The van der Waals surface area contributed by atoms with Gasteiger partial charge in [-0.1, -0.05) is 5.92 Å². The Kier molecular flexibility index (Phi) is 2.60. The van der Waals surface area contributed by atoms with Crippen LogP contribution in [0.2, 0.25) is 0 Å². The van der Waals surface area contributed by atoms with Gasteiger partial charge in [-0.05, 0) is 18.2 Å². The summed E-state index contributed by atoms with van der Waals surface area (Å²) in [5.41, 5.74) is 0.705. The molecule has 0 aliphatic carbocycles. The van der Waals surface area contributed by atoms with Crippen molar-refractivity contribution in [1.29, 1.82) is 0 Å². The van der Waals surface area contributed by atoms with Crippen LogP contribution in [0.15, 0.2) is 18.2 Å². The minimum absolute atomic E-state index is 0.693. The van der Waals surface area contributed by atoms with Gasteiger partial charge in [0.1, 0.15) is 11.5 Å². The number of benzene rings is 1. The lowest BCUT2D eigenvalue weighted by Gasteiger charge is -2.04. The Hall–Kier alpha value is -1.62. The van der Waals surface area contributed by atoms with Gasteiger partial charge in [0.05, 0.1) is 19.8 Å². The lowest BCUT2D eigenvalue weighted by atomic mass is 10.2. The van der Waals surface area contributed by atoms with Gasteiger partial charge < -0.3 is 9.47 Å². The molecule has 0 saturated heterocycles. The van der Waals surface area contributed by atoms with E-state index in [0.717, 1.165) is 5.75 Å². The fraction of sp³-hybridized carbons (Fsp3) is 0.200. The van der Waals surface area contributed by atoms with Crippen LogP contribution in [0.25, 0.3) is 0 Å². The van der Waals surface area contributed by atoms with E-state index < -0.39 is 0 Å². The van der Waals surface area contributed by atoms with E-state index in [1.165, 1.54) is 0 Å². The first-order valence-electron chi connectivity index (χ1n) is 3.50. The molecule has 62 valence electrons. The largest absolute Gasteiger partial charge is 0.497 e. The van der Waals surface area contributed by atoms with E-state index in [4.69, 9.17) is 15.9 Å². The molecule has 0 amide bonds. The molecule has 1 aromatic carbocycles. The summed E-state index contributed by atoms with van der Waals surface area (Å²) in [5, 5.41) is 0. The van der Waals surface area contributed by atoms with E-state index in [9.17, 15) is 0 Å². The molecule has 0 aliphatic rings. The highest BCUT2D eigenvalue weighted by Crippen LogP contribution is 2.22. The first kappa shape index (κ1) is 8.48. The second kappa shape index (κ2) is 3.68. The van der Waals surface area contributed by atoms with Crippen molar-refractivity contribution in [1.82, 2.24) is 0 Å². The van der Waals surface area contributed by atoms with E-state index in [-0.39, 0.29) is 0 Å². The second-order valence-corrected chi connectivity index (χ2v) is 2.21. The predicted molar refractivity (Wildman–Crippen MR) is 47.5 cm³/mol. The van der Waals surface area contributed by atoms with Crippen molar-refractivity contribution < 1.29 is 9.47 Å². The molecule has 2 heteroatoms. The van der Waals surface area contributed by atoms with Crippen LogP contribution in [-0.4, -0.2) is 14.2 Å². The molecule has 0 heterocycles. The van der Waals surface area contributed by atoms with Crippen LogP contribution in [-0.2, 0) is 0 Å². The molecule has 0 N–H and O–H groups in total. The van der Waals surface area contributed by atoms with Crippen molar-refractivity contribution in [3.8, 4) is 23.8 Å². The molecule has 0 atom stereocenters. The molecule has 0 aliphatic heterocycles. The lowest BCUT2D eigenvalue weighted by molar-refractivity contribution is 0.402. The molecule has 0 saturated carbocycles. The topological polar surface area (TPSA) is 18.5 Å². The quantitative estimate of drug-likeness (QED) is 0.616. The zero-order chi connectivity index (χ0) is 8.97. The summed E-state index contributed by atoms with van der Waals surface area (Å²) >= 11 is 0. The maximum absolute atomic E-state index is 5.26. The highest BCUT2D eigenvalue weighted by atomic mass is 16.5. The minimum Gasteiger partial charge on any atom is -0.497 e. The summed E-state index contributed by atoms with van der Waals surface area (Å²) in [6.07, 6.45) is 5.26. The van der Waals surface area contributed by atoms with E-state index in [2.05, 4.69) is 5.92 Å². The normalized spacial score (nSPS) is 8.75. The zero-order valence-corrected chi connectivity index (χ0v) is 7.13. The van der Waals surface area contributed by atoms with Crippen molar-refractivity contribution in [2.75, 3.05) is 14.2 Å². The number of hydrogen-bond acceptors (Lipinski definition) is 2. The maximum atomic E-state index is 5.26. The molecule has 1 rings (SSSR count). The molecule has 0 spiro atoms. The summed E-state index contributed by atoms with van der Waals surface area (Å²) in [7, 11) is 3.19. The van der Waals surface area contributed by atoms with Crippen LogP contribution in [0.5, 0.6) is 11.5 Å². The number of methoxy groups -OCH3 is 2. The van der Waals surface area contributed by atoms with E-state index in [0.29, 0.717) is 11.3 Å². The van der Waals surface area contributed by atoms with E-state index in [1.54, 1.807) is 32.4 Å². The first-order chi connectivity index (χ1) is 5.81. The predicted octanol–water partition coefficient (Wildman–Crippen LogP) is 1.69. The molecule has 2 nitrogen and oxygen atoms in total. The average Bonchev–Trinajstić information content (AvgIpc) is 2.16. The van der Waals surface area contributed by atoms with Gasteiger partial charge in [-0.3, -0.25) is 0 Å². The molecule has 0 bridgehead atoms. The highest BCUT2D eigenvalue weighted by molar-refractivity contribution is 5.49. The first-order valence-corrected chi connectivity index (χ1v) is 3.50. The highest BCUT2D eigenvalue weighted by Gasteiger charge is 2.00. The molecular formula is C10H10O2. The minimum atomic E-state index is 0.693. The summed E-state index contributed by atoms with van der Waals surface area (Å²) < 4.78 is 10.0. The van der Waals surface area contributed by atoms with Crippen LogP contribution in [0.4, 0.5) is 0 Å². The molecule has 0 unspecified atom stereocenters. The smallest absolute Gasteiger partial charge is 0.134 e. The number of ether oxygens (including phenoxy) is 2. The molecule has 0 fully saturated rings. The monoisotopic (exact) mass is 162 g/mol. The Labute approximate surface area is 72.1 Å². The van der Waals surface area contributed by atoms with Crippen LogP contribution in [0.3, 0.4) is 0 Å².